The fraction of sp³-hybridized carbons (Fsp3) is 0.877. The molecule has 0 spiro atoms. The quantitative estimate of drug-likeness (QED) is 0.0261. The standard InChI is InChI=1S/C73H136O6/c1-4-7-10-13-16-18-20-22-24-26-28-30-31-32-33-34-35-36-37-38-39-40-41-43-44-46-48-50-52-54-57-60-63-66-72(75)78-69-70(68-77-71(74)65-62-59-56-15-12-9-6-3)79-73(76)67-64-61-58-55-53-51-49-47-45-42-29-27-25-23-21-19-17-14-11-8-5-2/h21,23,27,29,45,47,70H,4-20,22,24-26,28,30-44,46,48-69H2,1-3H3/b23-21-,29-27-,47-45-. The van der Waals surface area contributed by atoms with Gasteiger partial charge in [0.25, 0.3) is 0 Å². The summed E-state index contributed by atoms with van der Waals surface area (Å²) < 4.78 is 16.9. The van der Waals surface area contributed by atoms with Crippen molar-refractivity contribution >= 4 is 17.9 Å². The van der Waals surface area contributed by atoms with Crippen molar-refractivity contribution in [1.82, 2.24) is 0 Å². The molecular weight excluding hydrogens is 973 g/mol. The summed E-state index contributed by atoms with van der Waals surface area (Å²) in [7, 11) is 0. The molecule has 0 fully saturated rings. The number of allylic oxidation sites excluding steroid dienone is 6. The molecule has 0 aliphatic heterocycles. The molecule has 1 unspecified atom stereocenters. The highest BCUT2D eigenvalue weighted by Gasteiger charge is 2.19. The average Bonchev–Trinajstić information content (AvgIpc) is 3.45. The van der Waals surface area contributed by atoms with Crippen molar-refractivity contribution < 1.29 is 28.6 Å². The van der Waals surface area contributed by atoms with Gasteiger partial charge in [-0.25, -0.2) is 0 Å². The van der Waals surface area contributed by atoms with E-state index in [4.69, 9.17) is 14.2 Å². The highest BCUT2D eigenvalue weighted by Crippen LogP contribution is 2.19. The highest BCUT2D eigenvalue weighted by molar-refractivity contribution is 5.71. The summed E-state index contributed by atoms with van der Waals surface area (Å²) in [6, 6.07) is 0. The predicted molar refractivity (Wildman–Crippen MR) is 344 cm³/mol. The molecular formula is C73H136O6. The molecule has 0 radical (unpaired) electrons. The second kappa shape index (κ2) is 68.1. The maximum Gasteiger partial charge on any atom is 0.306 e. The molecule has 0 amide bonds. The van der Waals surface area contributed by atoms with Gasteiger partial charge in [0.2, 0.25) is 0 Å². The van der Waals surface area contributed by atoms with E-state index >= 15 is 0 Å². The highest BCUT2D eigenvalue weighted by atomic mass is 16.6. The first kappa shape index (κ1) is 76.6. The van der Waals surface area contributed by atoms with Crippen molar-refractivity contribution in [2.45, 2.75) is 399 Å². The number of carbonyl (C=O) groups excluding carboxylic acids is 3. The third-order valence-electron chi connectivity index (χ3n) is 16.1. The number of hydrogen-bond donors (Lipinski definition) is 0. The molecule has 0 aliphatic carbocycles. The van der Waals surface area contributed by atoms with Gasteiger partial charge in [0.05, 0.1) is 0 Å². The van der Waals surface area contributed by atoms with Crippen molar-refractivity contribution in [2.24, 2.45) is 0 Å². The van der Waals surface area contributed by atoms with Gasteiger partial charge in [0, 0.05) is 19.3 Å². The van der Waals surface area contributed by atoms with E-state index in [1.165, 1.54) is 276 Å². The Bertz CT molecular complexity index is 1320. The van der Waals surface area contributed by atoms with Gasteiger partial charge in [-0.1, -0.05) is 353 Å². The van der Waals surface area contributed by atoms with Crippen LogP contribution in [0, 0.1) is 0 Å². The van der Waals surface area contributed by atoms with Crippen LogP contribution in [0.3, 0.4) is 0 Å². The zero-order chi connectivity index (χ0) is 57.1. The number of hydrogen-bond acceptors (Lipinski definition) is 6. The normalized spacial score (nSPS) is 12.2. The molecule has 0 rings (SSSR count). The van der Waals surface area contributed by atoms with Crippen molar-refractivity contribution in [3.63, 3.8) is 0 Å². The first-order chi connectivity index (χ1) is 39.0. The maximum atomic E-state index is 12.9. The smallest absolute Gasteiger partial charge is 0.306 e. The molecule has 0 saturated heterocycles. The Balaban J connectivity index is 3.98. The van der Waals surface area contributed by atoms with E-state index in [1.54, 1.807) is 0 Å². The van der Waals surface area contributed by atoms with Gasteiger partial charge >= 0.3 is 17.9 Å². The van der Waals surface area contributed by atoms with Crippen LogP contribution in [0.15, 0.2) is 36.5 Å². The van der Waals surface area contributed by atoms with E-state index in [-0.39, 0.29) is 31.1 Å². The van der Waals surface area contributed by atoms with Gasteiger partial charge in [-0.3, -0.25) is 14.4 Å². The summed E-state index contributed by atoms with van der Waals surface area (Å²) in [6.45, 7) is 6.64. The third-order valence-corrected chi connectivity index (χ3v) is 16.1. The van der Waals surface area contributed by atoms with Crippen molar-refractivity contribution in [2.75, 3.05) is 13.2 Å². The largest absolute Gasteiger partial charge is 0.462 e. The van der Waals surface area contributed by atoms with Crippen molar-refractivity contribution in [1.29, 1.82) is 0 Å². The zero-order valence-corrected chi connectivity index (χ0v) is 53.4. The van der Waals surface area contributed by atoms with E-state index in [1.807, 2.05) is 0 Å². The lowest BCUT2D eigenvalue weighted by atomic mass is 10.0. The number of carbonyl (C=O) groups is 3. The van der Waals surface area contributed by atoms with Crippen LogP contribution in [0.4, 0.5) is 0 Å². The van der Waals surface area contributed by atoms with Crippen LogP contribution in [0.1, 0.15) is 393 Å². The van der Waals surface area contributed by atoms with Gasteiger partial charge < -0.3 is 14.2 Å². The Morgan fingerprint density at radius 1 is 0.253 bits per heavy atom. The molecule has 6 nitrogen and oxygen atoms in total. The van der Waals surface area contributed by atoms with E-state index in [0.29, 0.717) is 19.3 Å². The molecule has 0 aliphatic rings. The summed E-state index contributed by atoms with van der Waals surface area (Å²) in [6.07, 6.45) is 85.1. The Hall–Kier alpha value is -2.37. The molecule has 0 aromatic heterocycles. The van der Waals surface area contributed by atoms with Crippen molar-refractivity contribution in [3.8, 4) is 0 Å². The topological polar surface area (TPSA) is 78.9 Å². The number of rotatable bonds is 66. The van der Waals surface area contributed by atoms with Gasteiger partial charge in [-0.05, 0) is 57.8 Å². The first-order valence-electron chi connectivity index (χ1n) is 35.5. The second-order valence-corrected chi connectivity index (χ2v) is 24.2. The Labute approximate surface area is 493 Å². The van der Waals surface area contributed by atoms with Crippen LogP contribution < -0.4 is 0 Å². The van der Waals surface area contributed by atoms with Crippen LogP contribution in [0.25, 0.3) is 0 Å². The minimum Gasteiger partial charge on any atom is -0.462 e. The lowest BCUT2D eigenvalue weighted by molar-refractivity contribution is -0.167. The molecule has 79 heavy (non-hydrogen) atoms. The SMILES string of the molecule is CCCCCCC/C=C\C/C=C\C/C=C\CCCCCCCCC(=O)OC(COC(=O)CCCCCCCCC)COC(=O)CCCCCCCCCCCCCCCCCCCCCCCCCCCCCCCCCCC. The lowest BCUT2D eigenvalue weighted by Crippen LogP contribution is -2.30. The summed E-state index contributed by atoms with van der Waals surface area (Å²) in [5.41, 5.74) is 0. The second-order valence-electron chi connectivity index (χ2n) is 24.2. The van der Waals surface area contributed by atoms with Crippen LogP contribution in [-0.2, 0) is 28.6 Å². The van der Waals surface area contributed by atoms with E-state index in [0.717, 1.165) is 77.0 Å². The molecule has 0 saturated carbocycles. The monoisotopic (exact) mass is 1110 g/mol. The Kier molecular flexibility index (Phi) is 66.1. The molecule has 0 N–H and O–H groups in total. The van der Waals surface area contributed by atoms with Crippen LogP contribution >= 0.6 is 0 Å². The molecule has 464 valence electrons. The van der Waals surface area contributed by atoms with Crippen LogP contribution in [0.2, 0.25) is 0 Å². The average molecular weight is 1110 g/mol. The third kappa shape index (κ3) is 66.3. The summed E-state index contributed by atoms with van der Waals surface area (Å²) in [4.78, 5) is 38.1. The minimum absolute atomic E-state index is 0.0731. The number of unbranched alkanes of at least 4 members (excludes halogenated alkanes) is 49. The molecule has 0 heterocycles. The fourth-order valence-electron chi connectivity index (χ4n) is 10.8. The van der Waals surface area contributed by atoms with E-state index in [9.17, 15) is 14.4 Å². The van der Waals surface area contributed by atoms with Gasteiger partial charge in [0.1, 0.15) is 13.2 Å². The molecule has 0 bridgehead atoms. The van der Waals surface area contributed by atoms with Crippen molar-refractivity contribution in [3.05, 3.63) is 36.5 Å². The Morgan fingerprint density at radius 3 is 0.709 bits per heavy atom. The van der Waals surface area contributed by atoms with Crippen LogP contribution in [0.5, 0.6) is 0 Å². The van der Waals surface area contributed by atoms with E-state index in [2.05, 4.69) is 57.2 Å². The van der Waals surface area contributed by atoms with Gasteiger partial charge in [-0.15, -0.1) is 0 Å². The van der Waals surface area contributed by atoms with Crippen LogP contribution in [-0.4, -0.2) is 37.2 Å². The Morgan fingerprint density at radius 2 is 0.456 bits per heavy atom. The maximum absolute atomic E-state index is 12.9. The van der Waals surface area contributed by atoms with E-state index < -0.39 is 6.10 Å². The predicted octanol–water partition coefficient (Wildman–Crippen LogP) is 24.3. The lowest BCUT2D eigenvalue weighted by Gasteiger charge is -2.18. The fourth-order valence-corrected chi connectivity index (χ4v) is 10.8. The summed E-state index contributed by atoms with van der Waals surface area (Å²) in [5, 5.41) is 0. The van der Waals surface area contributed by atoms with Gasteiger partial charge in [0.15, 0.2) is 6.10 Å². The minimum atomic E-state index is -0.775. The number of ether oxygens (including phenoxy) is 3. The first-order valence-corrected chi connectivity index (χ1v) is 35.5. The summed E-state index contributed by atoms with van der Waals surface area (Å²) >= 11 is 0. The molecule has 0 aromatic rings. The molecule has 0 aromatic carbocycles. The van der Waals surface area contributed by atoms with Gasteiger partial charge in [-0.2, -0.15) is 0 Å². The number of esters is 3. The summed E-state index contributed by atoms with van der Waals surface area (Å²) in [5.74, 6) is -0.869. The zero-order valence-electron chi connectivity index (χ0n) is 53.4. The molecule has 6 heteroatoms. The molecule has 1 atom stereocenters.